The number of rotatable bonds is 6. The average molecular weight is 264 g/mol. The Morgan fingerprint density at radius 2 is 1.95 bits per heavy atom. The maximum atomic E-state index is 11.7. The molecule has 0 radical (unpaired) electrons. The molecule has 1 aromatic carbocycles. The summed E-state index contributed by atoms with van der Waals surface area (Å²) < 4.78 is 5.61. The van der Waals surface area contributed by atoms with Gasteiger partial charge in [-0.2, -0.15) is 0 Å². The minimum atomic E-state index is -0.0330. The van der Waals surface area contributed by atoms with Crippen LogP contribution in [0, 0.1) is 6.92 Å². The Balaban J connectivity index is 2.61. The number of hydrogen-bond donors (Lipinski definition) is 2. The van der Waals surface area contributed by atoms with Crippen molar-refractivity contribution < 1.29 is 9.53 Å². The van der Waals surface area contributed by atoms with Crippen LogP contribution in [-0.2, 0) is 4.79 Å². The van der Waals surface area contributed by atoms with Gasteiger partial charge >= 0.3 is 0 Å². The molecule has 1 amide bonds. The zero-order chi connectivity index (χ0) is 14.4. The summed E-state index contributed by atoms with van der Waals surface area (Å²) in [5.41, 5.74) is 1.82. The van der Waals surface area contributed by atoms with Gasteiger partial charge in [-0.25, -0.2) is 0 Å². The topological polar surface area (TPSA) is 50.4 Å². The van der Waals surface area contributed by atoms with Crippen LogP contribution in [0.3, 0.4) is 0 Å². The maximum absolute atomic E-state index is 11.7. The van der Waals surface area contributed by atoms with E-state index in [1.807, 2.05) is 52.8 Å². The van der Waals surface area contributed by atoms with Gasteiger partial charge in [0.25, 0.3) is 0 Å². The third-order valence-electron chi connectivity index (χ3n) is 2.51. The summed E-state index contributed by atoms with van der Waals surface area (Å²) in [7, 11) is 0. The van der Waals surface area contributed by atoms with Crippen LogP contribution < -0.4 is 15.4 Å². The van der Waals surface area contributed by atoms with Crippen molar-refractivity contribution in [1.82, 2.24) is 5.32 Å². The van der Waals surface area contributed by atoms with E-state index in [-0.39, 0.29) is 12.0 Å². The minimum absolute atomic E-state index is 0.0330. The SMILES string of the molecule is Cc1cc(OC(C)C)ccc1NC(=O)CNC(C)C. The summed E-state index contributed by atoms with van der Waals surface area (Å²) in [6.07, 6.45) is 0.148. The van der Waals surface area contributed by atoms with E-state index in [0.29, 0.717) is 12.6 Å². The number of anilines is 1. The van der Waals surface area contributed by atoms with Gasteiger partial charge in [0, 0.05) is 11.7 Å². The predicted molar refractivity (Wildman–Crippen MR) is 78.7 cm³/mol. The first-order valence-electron chi connectivity index (χ1n) is 6.69. The molecule has 106 valence electrons. The van der Waals surface area contributed by atoms with Crippen molar-refractivity contribution in [2.24, 2.45) is 0 Å². The molecule has 0 aliphatic rings. The van der Waals surface area contributed by atoms with Gasteiger partial charge in [0.15, 0.2) is 0 Å². The fraction of sp³-hybridized carbons (Fsp3) is 0.533. The minimum Gasteiger partial charge on any atom is -0.491 e. The molecule has 1 rings (SSSR count). The molecule has 0 unspecified atom stereocenters. The molecule has 0 aliphatic carbocycles. The lowest BCUT2D eigenvalue weighted by molar-refractivity contribution is -0.115. The molecule has 0 bridgehead atoms. The van der Waals surface area contributed by atoms with Crippen molar-refractivity contribution >= 4 is 11.6 Å². The lowest BCUT2D eigenvalue weighted by Gasteiger charge is -2.14. The van der Waals surface area contributed by atoms with E-state index < -0.39 is 0 Å². The van der Waals surface area contributed by atoms with Gasteiger partial charge in [0.2, 0.25) is 5.91 Å². The second-order valence-electron chi connectivity index (χ2n) is 5.23. The van der Waals surface area contributed by atoms with E-state index in [2.05, 4.69) is 10.6 Å². The van der Waals surface area contributed by atoms with Crippen molar-refractivity contribution in [3.63, 3.8) is 0 Å². The smallest absolute Gasteiger partial charge is 0.238 e. The molecule has 0 saturated heterocycles. The number of ether oxygens (including phenoxy) is 1. The van der Waals surface area contributed by atoms with E-state index in [4.69, 9.17) is 4.74 Å². The summed E-state index contributed by atoms with van der Waals surface area (Å²) in [6.45, 7) is 10.3. The largest absolute Gasteiger partial charge is 0.491 e. The monoisotopic (exact) mass is 264 g/mol. The Labute approximate surface area is 115 Å². The normalized spacial score (nSPS) is 10.9. The number of nitrogens with one attached hydrogen (secondary N) is 2. The van der Waals surface area contributed by atoms with Crippen molar-refractivity contribution in [1.29, 1.82) is 0 Å². The van der Waals surface area contributed by atoms with E-state index >= 15 is 0 Å². The first kappa shape index (κ1) is 15.5. The maximum Gasteiger partial charge on any atom is 0.238 e. The van der Waals surface area contributed by atoms with Crippen LogP contribution in [0.5, 0.6) is 5.75 Å². The zero-order valence-corrected chi connectivity index (χ0v) is 12.4. The molecule has 0 fully saturated rings. The van der Waals surface area contributed by atoms with Crippen molar-refractivity contribution in [3.8, 4) is 5.75 Å². The van der Waals surface area contributed by atoms with Crippen LogP contribution in [0.25, 0.3) is 0 Å². The van der Waals surface area contributed by atoms with Gasteiger partial charge in [0.1, 0.15) is 5.75 Å². The molecule has 19 heavy (non-hydrogen) atoms. The fourth-order valence-electron chi connectivity index (χ4n) is 1.61. The second-order valence-corrected chi connectivity index (χ2v) is 5.23. The number of carbonyl (C=O) groups is 1. The number of benzene rings is 1. The zero-order valence-electron chi connectivity index (χ0n) is 12.4. The Morgan fingerprint density at radius 3 is 2.47 bits per heavy atom. The molecule has 0 aromatic heterocycles. The van der Waals surface area contributed by atoms with E-state index in [9.17, 15) is 4.79 Å². The third kappa shape index (κ3) is 5.75. The Kier molecular flexibility index (Phi) is 5.83. The highest BCUT2D eigenvalue weighted by Gasteiger charge is 2.07. The summed E-state index contributed by atoms with van der Waals surface area (Å²) in [6, 6.07) is 5.98. The number of amides is 1. The van der Waals surface area contributed by atoms with Crippen molar-refractivity contribution in [2.75, 3.05) is 11.9 Å². The highest BCUT2D eigenvalue weighted by molar-refractivity contribution is 5.93. The molecule has 0 spiro atoms. The molecule has 2 N–H and O–H groups in total. The lowest BCUT2D eigenvalue weighted by atomic mass is 10.2. The molecule has 0 saturated carbocycles. The molecule has 0 aliphatic heterocycles. The Hall–Kier alpha value is -1.55. The summed E-state index contributed by atoms with van der Waals surface area (Å²) in [5, 5.41) is 5.97. The summed E-state index contributed by atoms with van der Waals surface area (Å²) in [4.78, 5) is 11.7. The van der Waals surface area contributed by atoms with Gasteiger partial charge in [-0.3, -0.25) is 4.79 Å². The van der Waals surface area contributed by atoms with Gasteiger partial charge < -0.3 is 15.4 Å². The fourth-order valence-corrected chi connectivity index (χ4v) is 1.61. The van der Waals surface area contributed by atoms with Crippen LogP contribution in [0.4, 0.5) is 5.69 Å². The van der Waals surface area contributed by atoms with Crippen LogP contribution in [0.15, 0.2) is 18.2 Å². The second kappa shape index (κ2) is 7.14. The standard InChI is InChI=1S/C15H24N2O2/c1-10(2)16-9-15(18)17-14-7-6-13(8-12(14)5)19-11(3)4/h6-8,10-11,16H,9H2,1-5H3,(H,17,18). The number of carbonyl (C=O) groups excluding carboxylic acids is 1. The van der Waals surface area contributed by atoms with Crippen molar-refractivity contribution in [3.05, 3.63) is 23.8 Å². The van der Waals surface area contributed by atoms with E-state index in [1.165, 1.54) is 0 Å². The third-order valence-corrected chi connectivity index (χ3v) is 2.51. The highest BCUT2D eigenvalue weighted by Crippen LogP contribution is 2.22. The molecule has 4 nitrogen and oxygen atoms in total. The van der Waals surface area contributed by atoms with Crippen LogP contribution in [-0.4, -0.2) is 24.6 Å². The van der Waals surface area contributed by atoms with Crippen LogP contribution >= 0.6 is 0 Å². The molecular weight excluding hydrogens is 240 g/mol. The molecule has 0 atom stereocenters. The van der Waals surface area contributed by atoms with Crippen LogP contribution in [0.1, 0.15) is 33.3 Å². The first-order chi connectivity index (χ1) is 8.88. The Morgan fingerprint density at radius 1 is 1.26 bits per heavy atom. The van der Waals surface area contributed by atoms with Gasteiger partial charge in [-0.1, -0.05) is 13.8 Å². The Bertz CT molecular complexity index is 428. The van der Waals surface area contributed by atoms with Gasteiger partial charge in [-0.15, -0.1) is 0 Å². The highest BCUT2D eigenvalue weighted by atomic mass is 16.5. The first-order valence-corrected chi connectivity index (χ1v) is 6.69. The lowest BCUT2D eigenvalue weighted by Crippen LogP contribution is -2.32. The summed E-state index contributed by atoms with van der Waals surface area (Å²) in [5.74, 6) is 0.792. The molecular formula is C15H24N2O2. The van der Waals surface area contributed by atoms with Crippen molar-refractivity contribution in [2.45, 2.75) is 46.8 Å². The van der Waals surface area contributed by atoms with Crippen LogP contribution in [0.2, 0.25) is 0 Å². The summed E-state index contributed by atoms with van der Waals surface area (Å²) >= 11 is 0. The van der Waals surface area contributed by atoms with Gasteiger partial charge in [0.05, 0.1) is 12.6 Å². The van der Waals surface area contributed by atoms with E-state index in [1.54, 1.807) is 0 Å². The van der Waals surface area contributed by atoms with E-state index in [0.717, 1.165) is 17.0 Å². The molecule has 0 heterocycles. The average Bonchev–Trinajstić information content (AvgIpc) is 2.29. The predicted octanol–water partition coefficient (Wildman–Crippen LogP) is 2.72. The molecule has 4 heteroatoms. The van der Waals surface area contributed by atoms with Gasteiger partial charge in [-0.05, 0) is 44.5 Å². The number of aryl methyl sites for hydroxylation is 1. The quantitative estimate of drug-likeness (QED) is 0.830. The molecule has 1 aromatic rings. The number of hydrogen-bond acceptors (Lipinski definition) is 3.